The Labute approximate surface area is 123 Å². The van der Waals surface area contributed by atoms with E-state index < -0.39 is 0 Å². The average Bonchev–Trinajstić information content (AvgIpc) is 2.77. The number of benzene rings is 1. The number of halogens is 1. The summed E-state index contributed by atoms with van der Waals surface area (Å²) in [4.78, 5) is 9.17. The Kier molecular flexibility index (Phi) is 3.38. The Balaban J connectivity index is 2.39. The molecule has 0 aliphatic rings. The van der Waals surface area contributed by atoms with E-state index in [4.69, 9.17) is 11.6 Å². The lowest BCUT2D eigenvalue weighted by Gasteiger charge is -2.13. The molecule has 1 unspecified atom stereocenters. The van der Waals surface area contributed by atoms with Gasteiger partial charge in [-0.05, 0) is 18.9 Å². The van der Waals surface area contributed by atoms with Crippen molar-refractivity contribution in [2.24, 2.45) is 5.92 Å². The lowest BCUT2D eigenvalue weighted by atomic mass is 10.1. The molecule has 1 atom stereocenters. The van der Waals surface area contributed by atoms with Crippen molar-refractivity contribution < 1.29 is 0 Å². The van der Waals surface area contributed by atoms with E-state index >= 15 is 0 Å². The number of hydrogen-bond donors (Lipinski definition) is 0. The summed E-state index contributed by atoms with van der Waals surface area (Å²) in [5, 5.41) is 1.03. The van der Waals surface area contributed by atoms with E-state index in [2.05, 4.69) is 34.4 Å². The standard InChI is InChI=1S/C16H18ClN3/c1-10(2)9-20-15-12-6-4-5-7-13(12)18-8-14(15)19-16(20)11(3)17/h4-8,10-11H,9H2,1-3H3. The Morgan fingerprint density at radius 3 is 2.60 bits per heavy atom. The first kappa shape index (κ1) is 13.4. The Morgan fingerprint density at radius 1 is 1.15 bits per heavy atom. The molecule has 3 nitrogen and oxygen atoms in total. The largest absolute Gasteiger partial charge is 0.326 e. The molecule has 2 aromatic heterocycles. The maximum atomic E-state index is 6.31. The predicted octanol–water partition coefficient (Wildman–Crippen LogP) is 4.54. The highest BCUT2D eigenvalue weighted by Gasteiger charge is 2.17. The zero-order chi connectivity index (χ0) is 14.3. The lowest BCUT2D eigenvalue weighted by Crippen LogP contribution is -2.09. The second-order valence-electron chi connectivity index (χ2n) is 5.60. The first-order valence-electron chi connectivity index (χ1n) is 6.96. The molecule has 3 aromatic rings. The molecule has 20 heavy (non-hydrogen) atoms. The molecule has 0 fully saturated rings. The monoisotopic (exact) mass is 287 g/mol. The number of alkyl halides is 1. The van der Waals surface area contributed by atoms with Gasteiger partial charge in [0.1, 0.15) is 11.3 Å². The van der Waals surface area contributed by atoms with Gasteiger partial charge < -0.3 is 4.57 Å². The summed E-state index contributed by atoms with van der Waals surface area (Å²) >= 11 is 6.31. The highest BCUT2D eigenvalue weighted by atomic mass is 35.5. The van der Waals surface area contributed by atoms with Gasteiger partial charge in [0, 0.05) is 11.9 Å². The smallest absolute Gasteiger partial charge is 0.127 e. The van der Waals surface area contributed by atoms with Crippen molar-refractivity contribution in [2.75, 3.05) is 0 Å². The molecule has 1 aromatic carbocycles. The minimum Gasteiger partial charge on any atom is -0.326 e. The summed E-state index contributed by atoms with van der Waals surface area (Å²) in [7, 11) is 0. The molecular weight excluding hydrogens is 270 g/mol. The molecule has 2 heterocycles. The third-order valence-corrected chi connectivity index (χ3v) is 3.61. The van der Waals surface area contributed by atoms with Crippen LogP contribution in [0.2, 0.25) is 0 Å². The van der Waals surface area contributed by atoms with E-state index in [0.29, 0.717) is 5.92 Å². The SMILES string of the molecule is CC(C)Cn1c(C(C)Cl)nc2cnc3ccccc3c21. The lowest BCUT2D eigenvalue weighted by molar-refractivity contribution is 0.517. The van der Waals surface area contributed by atoms with E-state index in [-0.39, 0.29) is 5.38 Å². The van der Waals surface area contributed by atoms with Crippen LogP contribution < -0.4 is 0 Å². The van der Waals surface area contributed by atoms with Crippen LogP contribution in [0, 0.1) is 5.92 Å². The zero-order valence-electron chi connectivity index (χ0n) is 12.0. The number of imidazole rings is 1. The fraction of sp³-hybridized carbons (Fsp3) is 0.375. The van der Waals surface area contributed by atoms with Crippen LogP contribution >= 0.6 is 11.6 Å². The van der Waals surface area contributed by atoms with Gasteiger partial charge in [-0.25, -0.2) is 4.98 Å². The van der Waals surface area contributed by atoms with Crippen molar-refractivity contribution in [3.8, 4) is 0 Å². The number of para-hydroxylation sites is 1. The van der Waals surface area contributed by atoms with Crippen LogP contribution in [0.5, 0.6) is 0 Å². The maximum absolute atomic E-state index is 6.31. The molecule has 4 heteroatoms. The number of pyridine rings is 1. The van der Waals surface area contributed by atoms with Gasteiger partial charge in [-0.2, -0.15) is 0 Å². The third kappa shape index (κ3) is 2.16. The minimum atomic E-state index is -0.111. The second kappa shape index (κ2) is 5.06. The molecule has 0 saturated carbocycles. The van der Waals surface area contributed by atoms with E-state index in [1.165, 1.54) is 0 Å². The van der Waals surface area contributed by atoms with Crippen molar-refractivity contribution >= 4 is 33.5 Å². The Hall–Kier alpha value is -1.61. The van der Waals surface area contributed by atoms with Crippen molar-refractivity contribution in [1.29, 1.82) is 0 Å². The molecule has 0 N–H and O–H groups in total. The summed E-state index contributed by atoms with van der Waals surface area (Å²) in [5.41, 5.74) is 3.07. The molecule has 0 amide bonds. The number of aromatic nitrogens is 3. The fourth-order valence-electron chi connectivity index (χ4n) is 2.63. The summed E-state index contributed by atoms with van der Waals surface area (Å²) in [6.07, 6.45) is 1.84. The number of fused-ring (bicyclic) bond motifs is 3. The molecule has 0 bridgehead atoms. The summed E-state index contributed by atoms with van der Waals surface area (Å²) in [5.74, 6) is 1.46. The Bertz CT molecular complexity index is 759. The normalized spacial score (nSPS) is 13.4. The topological polar surface area (TPSA) is 30.7 Å². The van der Waals surface area contributed by atoms with Crippen LogP contribution in [-0.4, -0.2) is 14.5 Å². The van der Waals surface area contributed by atoms with Crippen LogP contribution in [0.25, 0.3) is 21.9 Å². The van der Waals surface area contributed by atoms with Crippen LogP contribution in [0.4, 0.5) is 0 Å². The van der Waals surface area contributed by atoms with Crippen LogP contribution in [0.15, 0.2) is 30.5 Å². The fourth-order valence-corrected chi connectivity index (χ4v) is 2.80. The zero-order valence-corrected chi connectivity index (χ0v) is 12.7. The van der Waals surface area contributed by atoms with E-state index in [1.54, 1.807) is 0 Å². The third-order valence-electron chi connectivity index (χ3n) is 3.41. The van der Waals surface area contributed by atoms with Gasteiger partial charge in [0.05, 0.1) is 22.6 Å². The minimum absolute atomic E-state index is 0.111. The van der Waals surface area contributed by atoms with Crippen molar-refractivity contribution in [2.45, 2.75) is 32.7 Å². The van der Waals surface area contributed by atoms with Gasteiger partial charge in [0.15, 0.2) is 0 Å². The van der Waals surface area contributed by atoms with E-state index in [9.17, 15) is 0 Å². The molecule has 0 aliphatic heterocycles. The highest BCUT2D eigenvalue weighted by molar-refractivity contribution is 6.20. The summed E-state index contributed by atoms with van der Waals surface area (Å²) in [6.45, 7) is 7.29. The molecule has 3 rings (SSSR count). The molecule has 0 saturated heterocycles. The van der Waals surface area contributed by atoms with Gasteiger partial charge in [-0.3, -0.25) is 4.98 Å². The predicted molar refractivity (Wildman–Crippen MR) is 84.1 cm³/mol. The van der Waals surface area contributed by atoms with Gasteiger partial charge in [-0.1, -0.05) is 32.0 Å². The molecule has 0 aliphatic carbocycles. The molecular formula is C16H18ClN3. The molecule has 104 valence electrons. The van der Waals surface area contributed by atoms with Gasteiger partial charge in [-0.15, -0.1) is 11.6 Å². The number of hydrogen-bond acceptors (Lipinski definition) is 2. The average molecular weight is 288 g/mol. The quantitative estimate of drug-likeness (QED) is 0.662. The van der Waals surface area contributed by atoms with Crippen molar-refractivity contribution in [1.82, 2.24) is 14.5 Å². The summed E-state index contributed by atoms with van der Waals surface area (Å²) < 4.78 is 2.25. The van der Waals surface area contributed by atoms with Crippen molar-refractivity contribution in [3.05, 3.63) is 36.3 Å². The van der Waals surface area contributed by atoms with Crippen LogP contribution in [0.1, 0.15) is 32.0 Å². The first-order chi connectivity index (χ1) is 9.58. The maximum Gasteiger partial charge on any atom is 0.127 e. The van der Waals surface area contributed by atoms with Gasteiger partial charge in [0.2, 0.25) is 0 Å². The van der Waals surface area contributed by atoms with E-state index in [1.807, 2.05) is 31.3 Å². The summed E-state index contributed by atoms with van der Waals surface area (Å²) in [6, 6.07) is 8.19. The Morgan fingerprint density at radius 2 is 1.90 bits per heavy atom. The highest BCUT2D eigenvalue weighted by Crippen LogP contribution is 2.29. The second-order valence-corrected chi connectivity index (χ2v) is 6.25. The molecule has 0 radical (unpaired) electrons. The number of nitrogens with zero attached hydrogens (tertiary/aromatic N) is 3. The van der Waals surface area contributed by atoms with Crippen LogP contribution in [0.3, 0.4) is 0 Å². The number of rotatable bonds is 3. The van der Waals surface area contributed by atoms with Gasteiger partial charge >= 0.3 is 0 Å². The van der Waals surface area contributed by atoms with Crippen LogP contribution in [-0.2, 0) is 6.54 Å². The van der Waals surface area contributed by atoms with Crippen molar-refractivity contribution in [3.63, 3.8) is 0 Å². The van der Waals surface area contributed by atoms with E-state index in [0.717, 1.165) is 34.3 Å². The first-order valence-corrected chi connectivity index (χ1v) is 7.39. The van der Waals surface area contributed by atoms with Gasteiger partial charge in [0.25, 0.3) is 0 Å². The molecule has 0 spiro atoms.